The van der Waals surface area contributed by atoms with Crippen LogP contribution in [-0.4, -0.2) is 30.7 Å². The lowest BCUT2D eigenvalue weighted by molar-refractivity contribution is 0.482. The number of nitrogens with zero attached hydrogens (tertiary/aromatic N) is 2. The number of hydrogen-bond donors (Lipinski definition) is 1. The molecule has 1 aromatic rings. The molecule has 14 heavy (non-hydrogen) atoms. The molecule has 0 bridgehead atoms. The number of piperazine rings is 1. The van der Waals surface area contributed by atoms with Crippen molar-refractivity contribution in [3.8, 4) is 0 Å². The zero-order valence-corrected chi connectivity index (χ0v) is 9.79. The Kier molecular flexibility index (Phi) is 3.03. The number of rotatable bonds is 1. The molecule has 1 saturated heterocycles. The highest BCUT2D eigenvalue weighted by atomic mass is 79.9. The number of nitrogens with one attached hydrogen (secondary N) is 1. The van der Waals surface area contributed by atoms with Gasteiger partial charge in [0.15, 0.2) is 0 Å². The third-order valence-electron chi connectivity index (χ3n) is 2.41. The Balaban J connectivity index is 2.18. The first-order chi connectivity index (χ1) is 6.77. The molecule has 1 aliphatic heterocycles. The average molecular weight is 256 g/mol. The summed E-state index contributed by atoms with van der Waals surface area (Å²) in [6.07, 6.45) is 1.84. The van der Waals surface area contributed by atoms with Crippen LogP contribution in [0, 0.1) is 0 Å². The van der Waals surface area contributed by atoms with E-state index in [1.165, 1.54) is 0 Å². The molecule has 1 fully saturated rings. The second-order valence-electron chi connectivity index (χ2n) is 3.61. The first kappa shape index (κ1) is 9.93. The SMILES string of the molecule is CC1CN(c2ncccc2Br)CCN1. The van der Waals surface area contributed by atoms with Gasteiger partial charge in [0.2, 0.25) is 0 Å². The van der Waals surface area contributed by atoms with Gasteiger partial charge in [0.1, 0.15) is 5.82 Å². The minimum atomic E-state index is 0.539. The molecule has 1 unspecified atom stereocenters. The summed E-state index contributed by atoms with van der Waals surface area (Å²) in [4.78, 5) is 6.70. The van der Waals surface area contributed by atoms with Crippen molar-refractivity contribution in [1.29, 1.82) is 0 Å². The first-order valence-electron chi connectivity index (χ1n) is 4.86. The van der Waals surface area contributed by atoms with Crippen LogP contribution in [0.2, 0.25) is 0 Å². The molecule has 0 spiro atoms. The summed E-state index contributed by atoms with van der Waals surface area (Å²) in [5.74, 6) is 1.06. The highest BCUT2D eigenvalue weighted by Crippen LogP contribution is 2.23. The largest absolute Gasteiger partial charge is 0.353 e. The summed E-state index contributed by atoms with van der Waals surface area (Å²) in [7, 11) is 0. The molecule has 3 nitrogen and oxygen atoms in total. The minimum Gasteiger partial charge on any atom is -0.353 e. The third kappa shape index (κ3) is 2.07. The van der Waals surface area contributed by atoms with Gasteiger partial charge in [0, 0.05) is 31.9 Å². The normalized spacial score (nSPS) is 22.4. The summed E-state index contributed by atoms with van der Waals surface area (Å²) in [6, 6.07) is 4.52. The molecule has 1 atom stereocenters. The van der Waals surface area contributed by atoms with Crippen LogP contribution in [-0.2, 0) is 0 Å². The molecule has 0 aromatic carbocycles. The molecular weight excluding hydrogens is 242 g/mol. The first-order valence-corrected chi connectivity index (χ1v) is 5.65. The van der Waals surface area contributed by atoms with E-state index < -0.39 is 0 Å². The van der Waals surface area contributed by atoms with Gasteiger partial charge in [0.25, 0.3) is 0 Å². The van der Waals surface area contributed by atoms with Crippen molar-refractivity contribution in [3.05, 3.63) is 22.8 Å². The van der Waals surface area contributed by atoms with Gasteiger partial charge in [-0.2, -0.15) is 0 Å². The highest BCUT2D eigenvalue weighted by Gasteiger charge is 2.18. The Morgan fingerprint density at radius 3 is 3.21 bits per heavy atom. The van der Waals surface area contributed by atoms with Crippen LogP contribution >= 0.6 is 15.9 Å². The van der Waals surface area contributed by atoms with E-state index >= 15 is 0 Å². The predicted molar refractivity (Wildman–Crippen MR) is 61.6 cm³/mol. The number of anilines is 1. The summed E-state index contributed by atoms with van der Waals surface area (Å²) < 4.78 is 1.08. The number of hydrogen-bond acceptors (Lipinski definition) is 3. The van der Waals surface area contributed by atoms with E-state index in [4.69, 9.17) is 0 Å². The molecule has 1 aromatic heterocycles. The maximum atomic E-state index is 4.39. The van der Waals surface area contributed by atoms with E-state index in [2.05, 4.69) is 38.1 Å². The lowest BCUT2D eigenvalue weighted by atomic mass is 10.2. The summed E-state index contributed by atoms with van der Waals surface area (Å²) in [6.45, 7) is 5.28. The minimum absolute atomic E-state index is 0.539. The zero-order valence-electron chi connectivity index (χ0n) is 8.20. The molecule has 0 amide bonds. The Morgan fingerprint density at radius 1 is 1.64 bits per heavy atom. The second-order valence-corrected chi connectivity index (χ2v) is 4.46. The van der Waals surface area contributed by atoms with Crippen molar-refractivity contribution in [3.63, 3.8) is 0 Å². The van der Waals surface area contributed by atoms with E-state index in [0.717, 1.165) is 29.9 Å². The number of halogens is 1. The molecule has 76 valence electrons. The van der Waals surface area contributed by atoms with Gasteiger partial charge in [-0.1, -0.05) is 0 Å². The van der Waals surface area contributed by atoms with Crippen LogP contribution in [0.3, 0.4) is 0 Å². The lowest BCUT2D eigenvalue weighted by Crippen LogP contribution is -2.49. The number of aromatic nitrogens is 1. The van der Waals surface area contributed by atoms with Crippen LogP contribution in [0.15, 0.2) is 22.8 Å². The summed E-state index contributed by atoms with van der Waals surface area (Å²) >= 11 is 3.53. The van der Waals surface area contributed by atoms with E-state index in [-0.39, 0.29) is 0 Å². The van der Waals surface area contributed by atoms with Crippen molar-refractivity contribution in [2.24, 2.45) is 0 Å². The van der Waals surface area contributed by atoms with Crippen LogP contribution in [0.4, 0.5) is 5.82 Å². The molecule has 1 N–H and O–H groups in total. The van der Waals surface area contributed by atoms with E-state index in [9.17, 15) is 0 Å². The van der Waals surface area contributed by atoms with Crippen molar-refractivity contribution >= 4 is 21.7 Å². The average Bonchev–Trinajstić information content (AvgIpc) is 2.18. The smallest absolute Gasteiger partial charge is 0.142 e. The Labute approximate surface area is 92.6 Å². The van der Waals surface area contributed by atoms with E-state index in [1.54, 1.807) is 0 Å². The quantitative estimate of drug-likeness (QED) is 0.828. The maximum absolute atomic E-state index is 4.39. The fourth-order valence-corrected chi connectivity index (χ4v) is 2.24. The van der Waals surface area contributed by atoms with Crippen molar-refractivity contribution in [2.75, 3.05) is 24.5 Å². The van der Waals surface area contributed by atoms with Crippen molar-refractivity contribution < 1.29 is 0 Å². The molecule has 1 aliphatic rings. The van der Waals surface area contributed by atoms with Gasteiger partial charge < -0.3 is 10.2 Å². The van der Waals surface area contributed by atoms with Crippen LogP contribution in [0.5, 0.6) is 0 Å². The zero-order chi connectivity index (χ0) is 9.97. The van der Waals surface area contributed by atoms with Gasteiger partial charge in [-0.25, -0.2) is 4.98 Å². The molecule has 4 heteroatoms. The second kappa shape index (κ2) is 4.28. The van der Waals surface area contributed by atoms with E-state index in [0.29, 0.717) is 6.04 Å². The molecular formula is C10H14BrN3. The monoisotopic (exact) mass is 255 g/mol. The maximum Gasteiger partial charge on any atom is 0.142 e. The van der Waals surface area contributed by atoms with Gasteiger partial charge in [-0.15, -0.1) is 0 Å². The Bertz CT molecular complexity index is 316. The van der Waals surface area contributed by atoms with Crippen LogP contribution < -0.4 is 10.2 Å². The number of pyridine rings is 1. The molecule has 0 aliphatic carbocycles. The predicted octanol–water partition coefficient (Wildman–Crippen LogP) is 1.64. The van der Waals surface area contributed by atoms with E-state index in [1.807, 2.05) is 18.3 Å². The lowest BCUT2D eigenvalue weighted by Gasteiger charge is -2.33. The molecule has 2 rings (SSSR count). The van der Waals surface area contributed by atoms with Gasteiger partial charge in [0.05, 0.1) is 4.47 Å². The third-order valence-corrected chi connectivity index (χ3v) is 3.03. The van der Waals surface area contributed by atoms with Crippen LogP contribution in [0.25, 0.3) is 0 Å². The van der Waals surface area contributed by atoms with Crippen LogP contribution in [0.1, 0.15) is 6.92 Å². The Morgan fingerprint density at radius 2 is 2.50 bits per heavy atom. The summed E-state index contributed by atoms with van der Waals surface area (Å²) in [5, 5.41) is 3.42. The van der Waals surface area contributed by atoms with Gasteiger partial charge in [-0.3, -0.25) is 0 Å². The summed E-state index contributed by atoms with van der Waals surface area (Å²) in [5.41, 5.74) is 0. The topological polar surface area (TPSA) is 28.2 Å². The molecule has 0 saturated carbocycles. The van der Waals surface area contributed by atoms with Crippen molar-refractivity contribution in [2.45, 2.75) is 13.0 Å². The molecule has 0 radical (unpaired) electrons. The standard InChI is InChI=1S/C10H14BrN3/c1-8-7-14(6-5-12-8)10-9(11)3-2-4-13-10/h2-4,8,12H,5-7H2,1H3. The van der Waals surface area contributed by atoms with Gasteiger partial charge >= 0.3 is 0 Å². The Hall–Kier alpha value is -0.610. The van der Waals surface area contributed by atoms with Crippen molar-refractivity contribution in [1.82, 2.24) is 10.3 Å². The highest BCUT2D eigenvalue weighted by molar-refractivity contribution is 9.10. The fourth-order valence-electron chi connectivity index (χ4n) is 1.73. The fraction of sp³-hybridized carbons (Fsp3) is 0.500. The molecule has 2 heterocycles. The van der Waals surface area contributed by atoms with Gasteiger partial charge in [-0.05, 0) is 35.0 Å².